The Labute approximate surface area is 134 Å². The zero-order chi connectivity index (χ0) is 15.4. The molecule has 22 heavy (non-hydrogen) atoms. The molecule has 0 bridgehead atoms. The van der Waals surface area contributed by atoms with E-state index in [-0.39, 0.29) is 5.75 Å². The molecule has 0 aliphatic carbocycles. The van der Waals surface area contributed by atoms with E-state index in [1.807, 2.05) is 42.5 Å². The van der Waals surface area contributed by atoms with Crippen molar-refractivity contribution in [2.45, 2.75) is 9.92 Å². The van der Waals surface area contributed by atoms with Crippen molar-refractivity contribution in [1.82, 2.24) is 4.98 Å². The summed E-state index contributed by atoms with van der Waals surface area (Å²) in [5.41, 5.74) is 0.929. The summed E-state index contributed by atoms with van der Waals surface area (Å²) in [6.07, 6.45) is 0. The third kappa shape index (κ3) is 3.48. The molecule has 0 aliphatic rings. The van der Waals surface area contributed by atoms with Gasteiger partial charge in [0.05, 0.1) is 21.2 Å². The SMILES string of the molecule is O=S(=O)(CCSc1ccc2ccccc2n1)c1ccccc1. The zero-order valence-electron chi connectivity index (χ0n) is 11.8. The van der Waals surface area contributed by atoms with Gasteiger partial charge in [0.15, 0.2) is 9.84 Å². The average molecular weight is 329 g/mol. The summed E-state index contributed by atoms with van der Waals surface area (Å²) < 4.78 is 24.4. The molecular formula is C17H15NO2S2. The molecule has 0 saturated carbocycles. The molecule has 0 aliphatic heterocycles. The summed E-state index contributed by atoms with van der Waals surface area (Å²) in [4.78, 5) is 4.91. The number of nitrogens with zero attached hydrogens (tertiary/aromatic N) is 1. The lowest BCUT2D eigenvalue weighted by Gasteiger charge is -2.05. The molecule has 0 N–H and O–H groups in total. The topological polar surface area (TPSA) is 47.0 Å². The van der Waals surface area contributed by atoms with Crippen molar-refractivity contribution >= 4 is 32.5 Å². The largest absolute Gasteiger partial charge is 0.241 e. The molecule has 3 aromatic rings. The van der Waals surface area contributed by atoms with Crippen molar-refractivity contribution in [3.63, 3.8) is 0 Å². The Balaban J connectivity index is 1.67. The van der Waals surface area contributed by atoms with Crippen LogP contribution in [0.15, 0.2) is 76.7 Å². The molecule has 0 radical (unpaired) electrons. The van der Waals surface area contributed by atoms with Crippen LogP contribution >= 0.6 is 11.8 Å². The maximum absolute atomic E-state index is 12.2. The van der Waals surface area contributed by atoms with Gasteiger partial charge in [-0.15, -0.1) is 11.8 Å². The van der Waals surface area contributed by atoms with E-state index in [4.69, 9.17) is 0 Å². The second kappa shape index (κ2) is 6.50. The van der Waals surface area contributed by atoms with Gasteiger partial charge in [0.2, 0.25) is 0 Å². The van der Waals surface area contributed by atoms with Crippen LogP contribution in [-0.4, -0.2) is 24.9 Å². The Morgan fingerprint density at radius 2 is 1.59 bits per heavy atom. The van der Waals surface area contributed by atoms with E-state index in [0.717, 1.165) is 15.9 Å². The first-order valence-corrected chi connectivity index (χ1v) is 9.55. The molecule has 0 amide bonds. The molecule has 2 aromatic carbocycles. The van der Waals surface area contributed by atoms with Crippen LogP contribution in [0.4, 0.5) is 0 Å². The van der Waals surface area contributed by atoms with Crippen LogP contribution in [0.25, 0.3) is 10.9 Å². The first-order chi connectivity index (χ1) is 10.6. The van der Waals surface area contributed by atoms with E-state index in [0.29, 0.717) is 10.6 Å². The van der Waals surface area contributed by atoms with E-state index in [1.165, 1.54) is 11.8 Å². The first-order valence-electron chi connectivity index (χ1n) is 6.91. The van der Waals surface area contributed by atoms with Crippen molar-refractivity contribution in [2.24, 2.45) is 0 Å². The lowest BCUT2D eigenvalue weighted by molar-refractivity contribution is 0.597. The Hall–Kier alpha value is -1.85. The monoisotopic (exact) mass is 329 g/mol. The standard InChI is InChI=1S/C17H15NO2S2/c19-22(20,15-7-2-1-3-8-15)13-12-21-17-11-10-14-6-4-5-9-16(14)18-17/h1-11H,12-13H2. The molecule has 1 heterocycles. The predicted molar refractivity (Wildman–Crippen MR) is 91.0 cm³/mol. The van der Waals surface area contributed by atoms with Gasteiger partial charge in [0.1, 0.15) is 0 Å². The maximum atomic E-state index is 12.2. The zero-order valence-corrected chi connectivity index (χ0v) is 13.5. The van der Waals surface area contributed by atoms with Gasteiger partial charge < -0.3 is 0 Å². The van der Waals surface area contributed by atoms with Crippen LogP contribution in [-0.2, 0) is 9.84 Å². The van der Waals surface area contributed by atoms with Gasteiger partial charge in [-0.05, 0) is 24.3 Å². The lowest BCUT2D eigenvalue weighted by Crippen LogP contribution is -2.08. The van der Waals surface area contributed by atoms with Gasteiger partial charge in [-0.25, -0.2) is 13.4 Å². The summed E-state index contributed by atoms with van der Waals surface area (Å²) >= 11 is 1.47. The second-order valence-electron chi connectivity index (χ2n) is 4.82. The minimum absolute atomic E-state index is 0.107. The van der Waals surface area contributed by atoms with Crippen LogP contribution in [0.3, 0.4) is 0 Å². The molecule has 0 unspecified atom stereocenters. The summed E-state index contributed by atoms with van der Waals surface area (Å²) in [6, 6.07) is 20.4. The fourth-order valence-electron chi connectivity index (χ4n) is 2.13. The smallest absolute Gasteiger partial charge is 0.179 e. The Kier molecular flexibility index (Phi) is 4.45. The molecule has 5 heteroatoms. The summed E-state index contributed by atoms with van der Waals surface area (Å²) in [6.45, 7) is 0. The average Bonchev–Trinajstić information content (AvgIpc) is 2.55. The molecule has 0 fully saturated rings. The second-order valence-corrected chi connectivity index (χ2v) is 8.05. The fraction of sp³-hybridized carbons (Fsp3) is 0.118. The van der Waals surface area contributed by atoms with Crippen molar-refractivity contribution in [3.8, 4) is 0 Å². The van der Waals surface area contributed by atoms with E-state index in [9.17, 15) is 8.42 Å². The van der Waals surface area contributed by atoms with Crippen LogP contribution in [0.2, 0.25) is 0 Å². The highest BCUT2D eigenvalue weighted by Crippen LogP contribution is 2.21. The molecule has 0 saturated heterocycles. The van der Waals surface area contributed by atoms with Crippen LogP contribution in [0, 0.1) is 0 Å². The minimum Gasteiger partial charge on any atom is -0.241 e. The highest BCUT2D eigenvalue weighted by molar-refractivity contribution is 8.00. The van der Waals surface area contributed by atoms with Gasteiger partial charge >= 0.3 is 0 Å². The minimum atomic E-state index is -3.22. The van der Waals surface area contributed by atoms with Crippen molar-refractivity contribution in [2.75, 3.05) is 11.5 Å². The number of para-hydroxylation sites is 1. The number of benzene rings is 2. The Morgan fingerprint density at radius 3 is 2.41 bits per heavy atom. The summed E-state index contributed by atoms with van der Waals surface area (Å²) in [5, 5.41) is 1.94. The van der Waals surface area contributed by atoms with E-state index in [1.54, 1.807) is 24.3 Å². The fourth-order valence-corrected chi connectivity index (χ4v) is 4.68. The highest BCUT2D eigenvalue weighted by atomic mass is 32.2. The maximum Gasteiger partial charge on any atom is 0.179 e. The first kappa shape index (κ1) is 15.1. The number of pyridine rings is 1. The lowest BCUT2D eigenvalue weighted by atomic mass is 10.2. The van der Waals surface area contributed by atoms with E-state index >= 15 is 0 Å². The highest BCUT2D eigenvalue weighted by Gasteiger charge is 2.13. The third-order valence-corrected chi connectivity index (χ3v) is 6.20. The van der Waals surface area contributed by atoms with Gasteiger partial charge in [-0.3, -0.25) is 0 Å². The number of rotatable bonds is 5. The molecule has 1 aromatic heterocycles. The Morgan fingerprint density at radius 1 is 0.864 bits per heavy atom. The summed E-state index contributed by atoms with van der Waals surface area (Å²) in [5.74, 6) is 0.596. The van der Waals surface area contributed by atoms with E-state index in [2.05, 4.69) is 4.98 Å². The third-order valence-electron chi connectivity index (χ3n) is 3.28. The van der Waals surface area contributed by atoms with Gasteiger partial charge in [-0.2, -0.15) is 0 Å². The number of thioether (sulfide) groups is 1. The number of aromatic nitrogens is 1. The molecule has 3 nitrogen and oxygen atoms in total. The normalized spacial score (nSPS) is 11.6. The van der Waals surface area contributed by atoms with Crippen LogP contribution in [0.5, 0.6) is 0 Å². The number of hydrogen-bond donors (Lipinski definition) is 0. The van der Waals surface area contributed by atoms with Crippen molar-refractivity contribution in [1.29, 1.82) is 0 Å². The summed E-state index contributed by atoms with van der Waals surface area (Å²) in [7, 11) is -3.22. The number of fused-ring (bicyclic) bond motifs is 1. The van der Waals surface area contributed by atoms with E-state index < -0.39 is 9.84 Å². The number of sulfone groups is 1. The van der Waals surface area contributed by atoms with Gasteiger partial charge in [0, 0.05) is 11.1 Å². The van der Waals surface area contributed by atoms with Crippen molar-refractivity contribution < 1.29 is 8.42 Å². The molecule has 0 spiro atoms. The van der Waals surface area contributed by atoms with Crippen molar-refractivity contribution in [3.05, 3.63) is 66.7 Å². The quantitative estimate of drug-likeness (QED) is 0.668. The molecule has 112 valence electrons. The molecular weight excluding hydrogens is 314 g/mol. The van der Waals surface area contributed by atoms with Gasteiger partial charge in [0.25, 0.3) is 0 Å². The predicted octanol–water partition coefficient (Wildman–Crippen LogP) is 3.80. The molecule has 3 rings (SSSR count). The molecule has 0 atom stereocenters. The van der Waals surface area contributed by atoms with Crippen LogP contribution in [0.1, 0.15) is 0 Å². The van der Waals surface area contributed by atoms with Gasteiger partial charge in [-0.1, -0.05) is 42.5 Å². The van der Waals surface area contributed by atoms with Crippen LogP contribution < -0.4 is 0 Å². The number of hydrogen-bond acceptors (Lipinski definition) is 4. The Bertz CT molecular complexity index is 877.